The van der Waals surface area contributed by atoms with Crippen LogP contribution in [0.4, 0.5) is 18.9 Å². The molecule has 1 aromatic heterocycles. The van der Waals surface area contributed by atoms with Gasteiger partial charge in [0.25, 0.3) is 5.91 Å². The number of carbonyl (C=O) groups excluding carboxylic acids is 1. The second-order valence-corrected chi connectivity index (χ2v) is 10.5. The van der Waals surface area contributed by atoms with Crippen LogP contribution in [0.5, 0.6) is 0 Å². The van der Waals surface area contributed by atoms with E-state index in [2.05, 4.69) is 27.0 Å². The van der Waals surface area contributed by atoms with E-state index in [-0.39, 0.29) is 17.8 Å². The normalized spacial score (nSPS) is 14.5. The molecule has 1 aliphatic rings. The number of hydrogen-bond acceptors (Lipinski definition) is 4. The number of alkyl halides is 3. The fraction of sp³-hybridized carbons (Fsp3) is 0.273. The predicted molar refractivity (Wildman–Crippen MR) is 156 cm³/mol. The Morgan fingerprint density at radius 2 is 1.63 bits per heavy atom. The third-order valence-electron chi connectivity index (χ3n) is 7.49. The number of nitrogens with zero attached hydrogens (tertiary/aromatic N) is 3. The largest absolute Gasteiger partial charge is 0.416 e. The summed E-state index contributed by atoms with van der Waals surface area (Å²) in [5.74, 6) is 5.83. The summed E-state index contributed by atoms with van der Waals surface area (Å²) in [5.41, 5.74) is 3.09. The van der Waals surface area contributed by atoms with E-state index in [4.69, 9.17) is 0 Å². The summed E-state index contributed by atoms with van der Waals surface area (Å²) in [6.07, 6.45) is -2.80. The van der Waals surface area contributed by atoms with Crippen molar-refractivity contribution in [2.24, 2.45) is 0 Å². The van der Waals surface area contributed by atoms with Crippen LogP contribution in [0.15, 0.2) is 66.9 Å². The number of amides is 1. The Bertz CT molecular complexity index is 1660. The zero-order chi connectivity index (χ0) is 29.1. The van der Waals surface area contributed by atoms with Gasteiger partial charge in [-0.25, -0.2) is 0 Å². The van der Waals surface area contributed by atoms with Crippen LogP contribution in [0.25, 0.3) is 10.8 Å². The van der Waals surface area contributed by atoms with Crippen molar-refractivity contribution < 1.29 is 18.0 Å². The Morgan fingerprint density at radius 3 is 2.37 bits per heavy atom. The van der Waals surface area contributed by atoms with Crippen LogP contribution in [0.3, 0.4) is 0 Å². The van der Waals surface area contributed by atoms with Gasteiger partial charge in [0.15, 0.2) is 0 Å². The Balaban J connectivity index is 1.37. The molecule has 1 N–H and O–H groups in total. The van der Waals surface area contributed by atoms with Crippen LogP contribution >= 0.6 is 0 Å². The van der Waals surface area contributed by atoms with E-state index >= 15 is 0 Å². The van der Waals surface area contributed by atoms with E-state index in [0.29, 0.717) is 24.2 Å². The highest BCUT2D eigenvalue weighted by Gasteiger charge is 2.34. The van der Waals surface area contributed by atoms with Gasteiger partial charge in [-0.05, 0) is 56.3 Å². The highest BCUT2D eigenvalue weighted by molar-refractivity contribution is 6.04. The summed E-state index contributed by atoms with van der Waals surface area (Å²) in [5, 5.41) is 4.66. The summed E-state index contributed by atoms with van der Waals surface area (Å²) in [7, 11) is 2.00. The maximum atomic E-state index is 14.0. The molecule has 1 amide bonds. The first-order valence-electron chi connectivity index (χ1n) is 13.5. The highest BCUT2D eigenvalue weighted by atomic mass is 19.4. The molecule has 5 nitrogen and oxygen atoms in total. The average Bonchev–Trinajstić information content (AvgIpc) is 2.95. The molecule has 3 aromatic carbocycles. The van der Waals surface area contributed by atoms with E-state index in [9.17, 15) is 18.0 Å². The Labute approximate surface area is 238 Å². The Morgan fingerprint density at radius 1 is 0.927 bits per heavy atom. The second-order valence-electron chi connectivity index (χ2n) is 10.5. The number of likely N-dealkylation sites (N-methyl/N-ethyl adjacent to an activating group) is 1. The van der Waals surface area contributed by atoms with E-state index in [1.165, 1.54) is 12.1 Å². The van der Waals surface area contributed by atoms with Gasteiger partial charge < -0.3 is 10.2 Å². The zero-order valence-electron chi connectivity index (χ0n) is 23.3. The third kappa shape index (κ3) is 6.59. The molecule has 0 atom stereocenters. The summed E-state index contributed by atoms with van der Waals surface area (Å²) < 4.78 is 42.0. The Kier molecular flexibility index (Phi) is 8.11. The van der Waals surface area contributed by atoms with Crippen LogP contribution in [0, 0.1) is 25.7 Å². The van der Waals surface area contributed by atoms with Crippen molar-refractivity contribution in [2.45, 2.75) is 26.6 Å². The standard InChI is InChI=1S/C33H31F3N4O/c1-22-8-9-25(18-24(22)10-11-26-20-37-23(2)29-6-4-5-7-30(26)29)32(41)38-28-13-12-27(31(19-28)33(34,35)36)21-40-16-14-39(3)15-17-40/h4-9,12-13,18-20H,14-17,21H2,1-3H3,(H,38,41). The van der Waals surface area contributed by atoms with E-state index < -0.39 is 17.6 Å². The number of aromatic nitrogens is 1. The van der Waals surface area contributed by atoms with Gasteiger partial charge in [-0.1, -0.05) is 48.2 Å². The molecule has 0 saturated carbocycles. The van der Waals surface area contributed by atoms with Crippen LogP contribution < -0.4 is 5.32 Å². The maximum absolute atomic E-state index is 14.0. The lowest BCUT2D eigenvalue weighted by atomic mass is 10.0. The van der Waals surface area contributed by atoms with Crippen molar-refractivity contribution in [3.05, 3.63) is 106 Å². The predicted octanol–water partition coefficient (Wildman–Crippen LogP) is 6.27. The van der Waals surface area contributed by atoms with E-state index in [1.54, 1.807) is 24.4 Å². The zero-order valence-corrected chi connectivity index (χ0v) is 23.3. The van der Waals surface area contributed by atoms with Crippen molar-refractivity contribution in [1.82, 2.24) is 14.8 Å². The summed E-state index contributed by atoms with van der Waals surface area (Å²) >= 11 is 0. The smallest absolute Gasteiger partial charge is 0.322 e. The lowest BCUT2D eigenvalue weighted by Gasteiger charge is -2.33. The van der Waals surface area contributed by atoms with Gasteiger partial charge in [0.1, 0.15) is 0 Å². The molecule has 1 fully saturated rings. The molecular weight excluding hydrogens is 525 g/mol. The fourth-order valence-corrected chi connectivity index (χ4v) is 4.97. The van der Waals surface area contributed by atoms with Gasteiger partial charge in [-0.3, -0.25) is 14.7 Å². The molecule has 0 aliphatic carbocycles. The van der Waals surface area contributed by atoms with Crippen molar-refractivity contribution in [3.63, 3.8) is 0 Å². The van der Waals surface area contributed by atoms with Gasteiger partial charge in [-0.2, -0.15) is 13.2 Å². The number of piperazine rings is 1. The second kappa shape index (κ2) is 11.7. The molecular formula is C33H31F3N4O. The minimum atomic E-state index is -4.54. The Hall–Kier alpha value is -4.19. The molecule has 0 radical (unpaired) electrons. The highest BCUT2D eigenvalue weighted by Crippen LogP contribution is 2.35. The molecule has 8 heteroatoms. The van der Waals surface area contributed by atoms with Gasteiger partial charge in [0.2, 0.25) is 0 Å². The SMILES string of the molecule is Cc1ccc(C(=O)Nc2ccc(CN3CCN(C)CC3)c(C(F)(F)F)c2)cc1C#Cc1cnc(C)c2ccccc12. The van der Waals surface area contributed by atoms with Gasteiger partial charge >= 0.3 is 6.18 Å². The number of pyridine rings is 1. The summed E-state index contributed by atoms with van der Waals surface area (Å²) in [4.78, 5) is 21.7. The van der Waals surface area contributed by atoms with Gasteiger partial charge in [0, 0.05) is 72.2 Å². The lowest BCUT2D eigenvalue weighted by Crippen LogP contribution is -2.44. The van der Waals surface area contributed by atoms with Crippen LogP contribution in [-0.2, 0) is 12.7 Å². The third-order valence-corrected chi connectivity index (χ3v) is 7.49. The number of nitrogens with one attached hydrogen (secondary N) is 1. The number of rotatable bonds is 4. The number of fused-ring (bicyclic) bond motifs is 1. The molecule has 2 heterocycles. The fourth-order valence-electron chi connectivity index (χ4n) is 4.97. The first-order chi connectivity index (χ1) is 19.6. The molecule has 0 spiro atoms. The summed E-state index contributed by atoms with van der Waals surface area (Å²) in [6.45, 7) is 7.11. The van der Waals surface area contributed by atoms with Crippen LogP contribution in [-0.4, -0.2) is 53.9 Å². The molecule has 0 bridgehead atoms. The average molecular weight is 557 g/mol. The quantitative estimate of drug-likeness (QED) is 0.301. The molecule has 4 aromatic rings. The monoisotopic (exact) mass is 556 g/mol. The molecule has 210 valence electrons. The molecule has 41 heavy (non-hydrogen) atoms. The topological polar surface area (TPSA) is 48.5 Å². The minimum Gasteiger partial charge on any atom is -0.322 e. The van der Waals surface area contributed by atoms with Crippen molar-refractivity contribution >= 4 is 22.4 Å². The molecule has 1 aliphatic heterocycles. The lowest BCUT2D eigenvalue weighted by molar-refractivity contribution is -0.138. The van der Waals surface area contributed by atoms with E-state index in [0.717, 1.165) is 46.7 Å². The molecule has 0 unspecified atom stereocenters. The number of anilines is 1. The van der Waals surface area contributed by atoms with Crippen molar-refractivity contribution in [2.75, 3.05) is 38.5 Å². The van der Waals surface area contributed by atoms with Crippen LogP contribution in [0.1, 0.15) is 43.9 Å². The molecule has 1 saturated heterocycles. The first-order valence-corrected chi connectivity index (χ1v) is 13.5. The van der Waals surface area contributed by atoms with Crippen molar-refractivity contribution in [1.29, 1.82) is 0 Å². The van der Waals surface area contributed by atoms with E-state index in [1.807, 2.05) is 50.1 Å². The number of carbonyl (C=O) groups is 1. The van der Waals surface area contributed by atoms with Crippen molar-refractivity contribution in [3.8, 4) is 11.8 Å². The first kappa shape index (κ1) is 28.3. The number of aryl methyl sites for hydroxylation is 2. The van der Waals surface area contributed by atoms with Crippen LogP contribution in [0.2, 0.25) is 0 Å². The number of benzene rings is 3. The number of halogens is 3. The number of hydrogen-bond donors (Lipinski definition) is 1. The van der Waals surface area contributed by atoms with Gasteiger partial charge in [-0.15, -0.1) is 0 Å². The minimum absolute atomic E-state index is 0.0925. The van der Waals surface area contributed by atoms with Gasteiger partial charge in [0.05, 0.1) is 11.1 Å². The maximum Gasteiger partial charge on any atom is 0.416 e. The molecule has 5 rings (SSSR count). The summed E-state index contributed by atoms with van der Waals surface area (Å²) in [6, 6.07) is 17.0.